The Morgan fingerprint density at radius 1 is 1.38 bits per heavy atom. The summed E-state index contributed by atoms with van der Waals surface area (Å²) in [6.45, 7) is 6.48. The minimum atomic E-state index is -0.0430. The number of rotatable bonds is 2. The van der Waals surface area contributed by atoms with E-state index in [9.17, 15) is 4.79 Å². The van der Waals surface area contributed by atoms with E-state index in [-0.39, 0.29) is 5.78 Å². The molecule has 0 N–H and O–H groups in total. The number of morpholine rings is 1. The molecule has 5 nitrogen and oxygen atoms in total. The van der Waals surface area contributed by atoms with Gasteiger partial charge in [0.2, 0.25) is 0 Å². The highest BCUT2D eigenvalue weighted by atomic mass is 16.5. The molecule has 2 heterocycles. The van der Waals surface area contributed by atoms with E-state index < -0.39 is 0 Å². The summed E-state index contributed by atoms with van der Waals surface area (Å²) in [5.74, 6) is 0.782. The van der Waals surface area contributed by atoms with E-state index in [1.165, 1.54) is 6.92 Å². The molecule has 0 unspecified atom stereocenters. The Balaban J connectivity index is 2.23. The minimum absolute atomic E-state index is 0.0430. The van der Waals surface area contributed by atoms with E-state index in [4.69, 9.17) is 4.74 Å². The van der Waals surface area contributed by atoms with Crippen LogP contribution in [0.25, 0.3) is 0 Å². The number of hydrogen-bond acceptors (Lipinski definition) is 5. The van der Waals surface area contributed by atoms with Crippen molar-refractivity contribution in [1.82, 2.24) is 10.2 Å². The summed E-state index contributed by atoms with van der Waals surface area (Å²) in [4.78, 5) is 13.3. The summed E-state index contributed by atoms with van der Waals surface area (Å²) in [5.41, 5.74) is 1.33. The first-order valence-electron chi connectivity index (χ1n) is 5.36. The van der Waals surface area contributed by atoms with Crippen LogP contribution in [0.2, 0.25) is 0 Å². The first kappa shape index (κ1) is 11.0. The Hall–Kier alpha value is -1.49. The van der Waals surface area contributed by atoms with Crippen molar-refractivity contribution >= 4 is 11.6 Å². The minimum Gasteiger partial charge on any atom is -0.378 e. The van der Waals surface area contributed by atoms with Crippen molar-refractivity contribution < 1.29 is 9.53 Å². The van der Waals surface area contributed by atoms with Crippen molar-refractivity contribution in [3.05, 3.63) is 17.3 Å². The first-order chi connectivity index (χ1) is 7.68. The maximum absolute atomic E-state index is 11.2. The van der Waals surface area contributed by atoms with E-state index in [1.54, 1.807) is 0 Å². The molecule has 1 aromatic heterocycles. The van der Waals surface area contributed by atoms with Crippen molar-refractivity contribution in [2.24, 2.45) is 0 Å². The molecule has 0 atom stereocenters. The smallest absolute Gasteiger partial charge is 0.180 e. The van der Waals surface area contributed by atoms with Crippen LogP contribution in [0.3, 0.4) is 0 Å². The number of ether oxygens (including phenoxy) is 1. The van der Waals surface area contributed by atoms with E-state index in [0.29, 0.717) is 5.69 Å². The van der Waals surface area contributed by atoms with Gasteiger partial charge in [-0.1, -0.05) is 0 Å². The van der Waals surface area contributed by atoms with Gasteiger partial charge in [-0.05, 0) is 18.6 Å². The third kappa shape index (κ3) is 2.19. The molecule has 86 valence electrons. The van der Waals surface area contributed by atoms with E-state index in [1.807, 2.05) is 13.0 Å². The summed E-state index contributed by atoms with van der Waals surface area (Å²) >= 11 is 0. The molecule has 0 spiro atoms. The zero-order valence-corrected chi connectivity index (χ0v) is 9.56. The van der Waals surface area contributed by atoms with Gasteiger partial charge in [-0.3, -0.25) is 4.79 Å². The molecule has 1 fully saturated rings. The molecule has 1 aliphatic heterocycles. The van der Waals surface area contributed by atoms with E-state index in [0.717, 1.165) is 37.7 Å². The quantitative estimate of drug-likeness (QED) is 0.692. The van der Waals surface area contributed by atoms with Crippen LogP contribution >= 0.6 is 0 Å². The molecule has 0 amide bonds. The number of ketones is 1. The van der Waals surface area contributed by atoms with E-state index in [2.05, 4.69) is 15.1 Å². The van der Waals surface area contributed by atoms with Gasteiger partial charge in [0.25, 0.3) is 0 Å². The normalized spacial score (nSPS) is 16.2. The number of anilines is 1. The Morgan fingerprint density at radius 2 is 2.06 bits per heavy atom. The van der Waals surface area contributed by atoms with Crippen molar-refractivity contribution in [1.29, 1.82) is 0 Å². The van der Waals surface area contributed by atoms with Crippen molar-refractivity contribution in [3.63, 3.8) is 0 Å². The molecular formula is C11H15N3O2. The fourth-order valence-electron chi connectivity index (χ4n) is 1.77. The fourth-order valence-corrected chi connectivity index (χ4v) is 1.77. The molecule has 1 saturated heterocycles. The number of hydrogen-bond donors (Lipinski definition) is 0. The van der Waals surface area contributed by atoms with Crippen LogP contribution in [0.1, 0.15) is 23.0 Å². The van der Waals surface area contributed by atoms with Crippen molar-refractivity contribution in [2.75, 3.05) is 31.2 Å². The Morgan fingerprint density at radius 3 is 2.62 bits per heavy atom. The lowest BCUT2D eigenvalue weighted by Gasteiger charge is -2.27. The average molecular weight is 221 g/mol. The maximum Gasteiger partial charge on any atom is 0.180 e. The lowest BCUT2D eigenvalue weighted by atomic mass is 10.2. The summed E-state index contributed by atoms with van der Waals surface area (Å²) < 4.78 is 5.27. The molecule has 16 heavy (non-hydrogen) atoms. The Kier molecular flexibility index (Phi) is 3.14. The summed E-state index contributed by atoms with van der Waals surface area (Å²) in [7, 11) is 0. The fraction of sp³-hybridized carbons (Fsp3) is 0.545. The highest BCUT2D eigenvalue weighted by molar-refractivity contribution is 5.93. The second kappa shape index (κ2) is 4.57. The number of nitrogens with zero attached hydrogens (tertiary/aromatic N) is 3. The van der Waals surface area contributed by atoms with E-state index >= 15 is 0 Å². The average Bonchev–Trinajstić information content (AvgIpc) is 2.29. The van der Waals surface area contributed by atoms with Crippen LogP contribution in [0.4, 0.5) is 5.82 Å². The monoisotopic (exact) mass is 221 g/mol. The molecule has 2 rings (SSSR count). The lowest BCUT2D eigenvalue weighted by Crippen LogP contribution is -2.37. The zero-order chi connectivity index (χ0) is 11.5. The highest BCUT2D eigenvalue weighted by Crippen LogP contribution is 2.15. The standard InChI is InChI=1S/C11H15N3O2/c1-8-7-10(12-13-11(8)9(2)15)14-3-5-16-6-4-14/h7H,3-6H2,1-2H3. The largest absolute Gasteiger partial charge is 0.378 e. The summed E-state index contributed by atoms with van der Waals surface area (Å²) in [5, 5.41) is 8.05. The van der Waals surface area contributed by atoms with Crippen molar-refractivity contribution in [3.8, 4) is 0 Å². The molecule has 0 saturated carbocycles. The number of aromatic nitrogens is 2. The number of Topliss-reactive ketones (excluding diaryl/α,β-unsaturated/α-hetero) is 1. The number of aryl methyl sites for hydroxylation is 1. The predicted molar refractivity (Wildman–Crippen MR) is 59.8 cm³/mol. The topological polar surface area (TPSA) is 55.3 Å². The van der Waals surface area contributed by atoms with Crippen LogP contribution in [-0.4, -0.2) is 42.3 Å². The SMILES string of the molecule is CC(=O)c1nnc(N2CCOCC2)cc1C. The zero-order valence-electron chi connectivity index (χ0n) is 9.56. The number of carbonyl (C=O) groups is 1. The van der Waals surface area contributed by atoms with Gasteiger partial charge in [0.05, 0.1) is 13.2 Å². The molecule has 1 aliphatic rings. The highest BCUT2D eigenvalue weighted by Gasteiger charge is 2.15. The van der Waals surface area contributed by atoms with Gasteiger partial charge in [-0.25, -0.2) is 0 Å². The van der Waals surface area contributed by atoms with Crippen LogP contribution < -0.4 is 4.90 Å². The van der Waals surface area contributed by atoms with Gasteiger partial charge < -0.3 is 9.64 Å². The summed E-state index contributed by atoms with van der Waals surface area (Å²) in [6.07, 6.45) is 0. The Bertz CT molecular complexity index is 400. The molecular weight excluding hydrogens is 206 g/mol. The second-order valence-corrected chi connectivity index (χ2v) is 3.89. The van der Waals surface area contributed by atoms with Gasteiger partial charge in [0, 0.05) is 20.0 Å². The molecule has 1 aromatic rings. The van der Waals surface area contributed by atoms with Gasteiger partial charge >= 0.3 is 0 Å². The Labute approximate surface area is 94.4 Å². The van der Waals surface area contributed by atoms with Gasteiger partial charge in [-0.2, -0.15) is 0 Å². The van der Waals surface area contributed by atoms with Gasteiger partial charge in [-0.15, -0.1) is 10.2 Å². The lowest BCUT2D eigenvalue weighted by molar-refractivity contribution is 0.101. The first-order valence-corrected chi connectivity index (χ1v) is 5.36. The number of carbonyl (C=O) groups excluding carboxylic acids is 1. The molecule has 0 aromatic carbocycles. The van der Waals surface area contributed by atoms with Crippen LogP contribution in [-0.2, 0) is 4.74 Å². The van der Waals surface area contributed by atoms with Crippen LogP contribution in [0, 0.1) is 6.92 Å². The molecule has 0 aliphatic carbocycles. The third-order valence-electron chi connectivity index (χ3n) is 2.64. The van der Waals surface area contributed by atoms with Crippen LogP contribution in [0.15, 0.2) is 6.07 Å². The second-order valence-electron chi connectivity index (χ2n) is 3.89. The van der Waals surface area contributed by atoms with Crippen molar-refractivity contribution in [2.45, 2.75) is 13.8 Å². The molecule has 5 heteroatoms. The maximum atomic E-state index is 11.2. The third-order valence-corrected chi connectivity index (χ3v) is 2.64. The molecule has 0 radical (unpaired) electrons. The van der Waals surface area contributed by atoms with Gasteiger partial charge in [0.1, 0.15) is 5.69 Å². The van der Waals surface area contributed by atoms with Crippen LogP contribution in [0.5, 0.6) is 0 Å². The predicted octanol–water partition coefficient (Wildman–Crippen LogP) is 0.824. The van der Waals surface area contributed by atoms with Gasteiger partial charge in [0.15, 0.2) is 11.6 Å². The molecule has 0 bridgehead atoms. The summed E-state index contributed by atoms with van der Waals surface area (Å²) in [6, 6.07) is 1.91.